The number of aliphatic carboxylic acids is 1. The number of halogens is 3. The number of carboxylic acid groups (broad SMARTS) is 1. The van der Waals surface area contributed by atoms with E-state index < -0.39 is 23.8 Å². The van der Waals surface area contributed by atoms with Gasteiger partial charge in [0.15, 0.2) is 6.10 Å². The highest BCUT2D eigenvalue weighted by Crippen LogP contribution is 2.42. The van der Waals surface area contributed by atoms with E-state index in [9.17, 15) is 18.0 Å². The van der Waals surface area contributed by atoms with Crippen LogP contribution in [0.4, 0.5) is 13.2 Å². The Morgan fingerprint density at radius 2 is 1.78 bits per heavy atom. The summed E-state index contributed by atoms with van der Waals surface area (Å²) in [7, 11) is 0. The molecule has 0 amide bonds. The summed E-state index contributed by atoms with van der Waals surface area (Å²) < 4.78 is 42.6. The second-order valence-corrected chi connectivity index (χ2v) is 10.1. The van der Waals surface area contributed by atoms with E-state index in [0.29, 0.717) is 30.8 Å². The minimum absolute atomic E-state index is 0.0688. The van der Waals surface area contributed by atoms with Crippen LogP contribution in [-0.4, -0.2) is 35.3 Å². The van der Waals surface area contributed by atoms with Crippen LogP contribution in [0.2, 0.25) is 0 Å². The molecule has 8 heteroatoms. The van der Waals surface area contributed by atoms with Gasteiger partial charge in [0.05, 0.1) is 11.5 Å². The Morgan fingerprint density at radius 3 is 2.41 bits per heavy atom. The summed E-state index contributed by atoms with van der Waals surface area (Å²) in [5.74, 6) is -1.17. The van der Waals surface area contributed by atoms with E-state index >= 15 is 0 Å². The first-order valence-electron chi connectivity index (χ1n) is 13.1. The van der Waals surface area contributed by atoms with Crippen molar-refractivity contribution in [3.05, 3.63) is 69.8 Å². The zero-order valence-electron chi connectivity index (χ0n) is 21.4. The fourth-order valence-electron chi connectivity index (χ4n) is 5.58. The van der Waals surface area contributed by atoms with E-state index in [0.717, 1.165) is 55.2 Å². The number of carbonyl (C=O) groups is 1. The molecule has 1 saturated carbocycles. The van der Waals surface area contributed by atoms with E-state index in [1.807, 2.05) is 25.1 Å². The molecule has 2 fully saturated rings. The van der Waals surface area contributed by atoms with Crippen molar-refractivity contribution in [3.8, 4) is 0 Å². The largest absolute Gasteiger partial charge is 0.481 e. The van der Waals surface area contributed by atoms with Crippen molar-refractivity contribution in [2.75, 3.05) is 13.1 Å². The van der Waals surface area contributed by atoms with Gasteiger partial charge in [-0.05, 0) is 60.4 Å². The van der Waals surface area contributed by atoms with Gasteiger partial charge < -0.3 is 9.94 Å². The molecule has 1 heterocycles. The summed E-state index contributed by atoms with van der Waals surface area (Å²) in [5.41, 5.74) is 3.09. The van der Waals surface area contributed by atoms with Gasteiger partial charge in [0.2, 0.25) is 0 Å². The summed E-state index contributed by atoms with van der Waals surface area (Å²) in [5, 5.41) is 13.1. The molecule has 2 aliphatic rings. The van der Waals surface area contributed by atoms with E-state index in [2.05, 4.69) is 10.1 Å². The van der Waals surface area contributed by atoms with Gasteiger partial charge in [-0.3, -0.25) is 9.69 Å². The van der Waals surface area contributed by atoms with Gasteiger partial charge in [-0.15, -0.1) is 0 Å². The van der Waals surface area contributed by atoms with Crippen LogP contribution >= 0.6 is 0 Å². The lowest BCUT2D eigenvalue weighted by atomic mass is 9.81. The maximum atomic E-state index is 14.2. The zero-order valence-corrected chi connectivity index (χ0v) is 21.4. The number of nitrogens with zero attached hydrogens (tertiary/aromatic N) is 2. The van der Waals surface area contributed by atoms with Gasteiger partial charge in [0.1, 0.15) is 0 Å². The van der Waals surface area contributed by atoms with Crippen LogP contribution in [0.3, 0.4) is 0 Å². The van der Waals surface area contributed by atoms with Crippen molar-refractivity contribution in [3.63, 3.8) is 0 Å². The van der Waals surface area contributed by atoms with Crippen molar-refractivity contribution in [1.29, 1.82) is 0 Å². The lowest BCUT2D eigenvalue weighted by Crippen LogP contribution is -2.49. The Labute approximate surface area is 216 Å². The number of alkyl halides is 3. The van der Waals surface area contributed by atoms with Crippen LogP contribution in [0.1, 0.15) is 91.4 Å². The second kappa shape index (κ2) is 11.7. The predicted octanol–water partition coefficient (Wildman–Crippen LogP) is 6.94. The summed E-state index contributed by atoms with van der Waals surface area (Å²) in [6.07, 6.45) is 1.55. The molecule has 2 aromatic carbocycles. The monoisotopic (exact) mass is 516 g/mol. The molecule has 1 aliphatic heterocycles. The topological polar surface area (TPSA) is 62.1 Å². The summed E-state index contributed by atoms with van der Waals surface area (Å²) >= 11 is 0. The summed E-state index contributed by atoms with van der Waals surface area (Å²) in [6, 6.07) is 10.4. The lowest BCUT2D eigenvalue weighted by molar-refractivity contribution is -0.147. The predicted molar refractivity (Wildman–Crippen MR) is 137 cm³/mol. The SMILES string of the molecule is CC=NOC(c1ccc(CN2CC(C(=O)O)C2)c(CC)c1)c1ccc(C2CCCCC2)c(C(F)(F)F)c1. The molecule has 1 N–H and O–H groups in total. The number of aryl methyl sites for hydroxylation is 1. The van der Waals surface area contributed by atoms with Gasteiger partial charge in [0.25, 0.3) is 0 Å². The number of hydrogen-bond donors (Lipinski definition) is 1. The third kappa shape index (κ3) is 6.35. The van der Waals surface area contributed by atoms with E-state index in [4.69, 9.17) is 9.94 Å². The second-order valence-electron chi connectivity index (χ2n) is 10.1. The van der Waals surface area contributed by atoms with Gasteiger partial charge in [-0.25, -0.2) is 0 Å². The average molecular weight is 517 g/mol. The smallest absolute Gasteiger partial charge is 0.416 e. The molecule has 5 nitrogen and oxygen atoms in total. The van der Waals surface area contributed by atoms with E-state index in [-0.39, 0.29) is 11.8 Å². The average Bonchev–Trinajstić information content (AvgIpc) is 2.86. The maximum Gasteiger partial charge on any atom is 0.416 e. The van der Waals surface area contributed by atoms with Gasteiger partial charge >= 0.3 is 12.1 Å². The summed E-state index contributed by atoms with van der Waals surface area (Å²) in [4.78, 5) is 18.9. The van der Waals surface area contributed by atoms with Crippen LogP contribution < -0.4 is 0 Å². The van der Waals surface area contributed by atoms with Crippen LogP contribution in [0.15, 0.2) is 41.6 Å². The lowest BCUT2D eigenvalue weighted by Gasteiger charge is -2.37. The third-order valence-corrected chi connectivity index (χ3v) is 7.62. The Morgan fingerprint density at radius 1 is 1.11 bits per heavy atom. The molecule has 0 radical (unpaired) electrons. The van der Waals surface area contributed by atoms with Crippen molar-refractivity contribution in [1.82, 2.24) is 4.90 Å². The van der Waals surface area contributed by atoms with Gasteiger partial charge in [-0.1, -0.05) is 61.7 Å². The highest BCUT2D eigenvalue weighted by Gasteiger charge is 2.37. The number of benzene rings is 2. The van der Waals surface area contributed by atoms with E-state index in [1.165, 1.54) is 12.3 Å². The normalized spacial score (nSPS) is 18.6. The summed E-state index contributed by atoms with van der Waals surface area (Å²) in [6.45, 7) is 5.40. The Kier molecular flexibility index (Phi) is 8.57. The van der Waals surface area contributed by atoms with Gasteiger partial charge in [-0.2, -0.15) is 13.2 Å². The molecule has 1 saturated heterocycles. The highest BCUT2D eigenvalue weighted by atomic mass is 19.4. The third-order valence-electron chi connectivity index (χ3n) is 7.62. The molecule has 200 valence electrons. The van der Waals surface area contributed by atoms with Crippen LogP contribution in [-0.2, 0) is 28.8 Å². The first-order valence-corrected chi connectivity index (χ1v) is 13.1. The standard InChI is InChI=1S/C29H35F3N2O3/c1-3-19-14-21(10-11-23(19)16-34-17-24(18-34)28(35)36)27(37-33-4-2)22-12-13-25(20-8-6-5-7-9-20)26(15-22)29(30,31)32/h4,10-15,20,24,27H,3,5-9,16-18H2,1-2H3,(H,35,36). The first-order chi connectivity index (χ1) is 17.7. The van der Waals surface area contributed by atoms with E-state index in [1.54, 1.807) is 19.1 Å². The molecular weight excluding hydrogens is 481 g/mol. The minimum atomic E-state index is -4.45. The molecule has 1 atom stereocenters. The Hall–Kier alpha value is -2.87. The fourth-order valence-corrected chi connectivity index (χ4v) is 5.58. The zero-order chi connectivity index (χ0) is 26.6. The Bertz CT molecular complexity index is 1120. The highest BCUT2D eigenvalue weighted by molar-refractivity contribution is 5.71. The first kappa shape index (κ1) is 27.2. The molecule has 2 aromatic rings. The van der Waals surface area contributed by atoms with Crippen molar-refractivity contribution >= 4 is 12.2 Å². The molecule has 0 spiro atoms. The number of hydrogen-bond acceptors (Lipinski definition) is 4. The van der Waals surface area contributed by atoms with Crippen LogP contribution in [0.5, 0.6) is 0 Å². The van der Waals surface area contributed by atoms with Crippen molar-refractivity contribution in [2.45, 2.75) is 77.1 Å². The number of likely N-dealkylation sites (tertiary alicyclic amines) is 1. The van der Waals surface area contributed by atoms with Crippen LogP contribution in [0.25, 0.3) is 0 Å². The number of oxime groups is 1. The quantitative estimate of drug-likeness (QED) is 0.290. The van der Waals surface area contributed by atoms with Crippen molar-refractivity contribution in [2.24, 2.45) is 11.1 Å². The molecule has 0 bridgehead atoms. The molecule has 1 unspecified atom stereocenters. The number of rotatable bonds is 9. The molecule has 4 rings (SSSR count). The van der Waals surface area contributed by atoms with Crippen molar-refractivity contribution < 1.29 is 27.9 Å². The molecular formula is C29H35F3N2O3. The molecule has 0 aromatic heterocycles. The molecule has 37 heavy (non-hydrogen) atoms. The van der Waals surface area contributed by atoms with Gasteiger partial charge in [0, 0.05) is 31.4 Å². The molecule has 1 aliphatic carbocycles. The van der Waals surface area contributed by atoms with Crippen LogP contribution in [0, 0.1) is 5.92 Å². The minimum Gasteiger partial charge on any atom is -0.481 e. The maximum absolute atomic E-state index is 14.2. The Balaban J connectivity index is 1.64. The number of carboxylic acids is 1. The fraction of sp³-hybridized carbons (Fsp3) is 0.517.